The first-order chi connectivity index (χ1) is 7.71. The lowest BCUT2D eigenvalue weighted by Gasteiger charge is -2.18. The number of carboxylic acids is 1. The predicted octanol–water partition coefficient (Wildman–Crippen LogP) is 2.40. The van der Waals surface area contributed by atoms with E-state index in [2.05, 4.69) is 5.10 Å². The first kappa shape index (κ1) is 13.4. The van der Waals surface area contributed by atoms with E-state index in [0.717, 1.165) is 0 Å². The summed E-state index contributed by atoms with van der Waals surface area (Å²) in [6.45, 7) is 0. The average Bonchev–Trinajstić information content (AvgIpc) is 2.60. The Morgan fingerprint density at radius 1 is 1.47 bits per heavy atom. The number of hydrogen-bond donors (Lipinski definition) is 1. The van der Waals surface area contributed by atoms with Crippen molar-refractivity contribution < 1.29 is 31.9 Å². The predicted molar refractivity (Wildman–Crippen MR) is 44.5 cm³/mol. The number of carboxylic acid groups (broad SMARTS) is 1. The second kappa shape index (κ2) is 4.68. The van der Waals surface area contributed by atoms with Gasteiger partial charge < -0.3 is 5.11 Å². The van der Waals surface area contributed by atoms with Crippen LogP contribution in [0.2, 0.25) is 0 Å². The Balaban J connectivity index is 3.00. The molecule has 96 valence electrons. The van der Waals surface area contributed by atoms with Crippen LogP contribution in [-0.4, -0.2) is 27.0 Å². The van der Waals surface area contributed by atoms with Gasteiger partial charge in [-0.15, -0.1) is 0 Å². The van der Waals surface area contributed by atoms with Crippen LogP contribution in [0, 0.1) is 0 Å². The van der Waals surface area contributed by atoms with Crippen molar-refractivity contribution >= 4 is 5.97 Å². The number of aromatic nitrogens is 2. The van der Waals surface area contributed by atoms with Gasteiger partial charge in [0.15, 0.2) is 6.04 Å². The molecular formula is C8H7F5N2O2. The SMILES string of the molecule is O=C(O)CC(n1ccc(C(F)F)n1)C(F)(F)F. The number of halogens is 5. The van der Waals surface area contributed by atoms with Crippen molar-refractivity contribution in [2.45, 2.75) is 25.1 Å². The summed E-state index contributed by atoms with van der Waals surface area (Å²) in [7, 11) is 0. The molecule has 0 aliphatic carbocycles. The average molecular weight is 258 g/mol. The van der Waals surface area contributed by atoms with Gasteiger partial charge in [0, 0.05) is 6.20 Å². The van der Waals surface area contributed by atoms with Crippen LogP contribution in [0.15, 0.2) is 12.3 Å². The minimum atomic E-state index is -4.87. The summed E-state index contributed by atoms with van der Waals surface area (Å²) in [5.41, 5.74) is -0.829. The highest BCUT2D eigenvalue weighted by Gasteiger charge is 2.43. The van der Waals surface area contributed by atoms with E-state index in [1.807, 2.05) is 0 Å². The van der Waals surface area contributed by atoms with Crippen LogP contribution < -0.4 is 0 Å². The molecule has 0 aromatic carbocycles. The molecule has 0 fully saturated rings. The molecule has 1 atom stereocenters. The highest BCUT2D eigenvalue weighted by Crippen LogP contribution is 2.33. The zero-order valence-electron chi connectivity index (χ0n) is 8.16. The van der Waals surface area contributed by atoms with Gasteiger partial charge in [0.2, 0.25) is 0 Å². The summed E-state index contributed by atoms with van der Waals surface area (Å²) < 4.78 is 61.8. The molecular weight excluding hydrogens is 251 g/mol. The number of carbonyl (C=O) groups is 1. The van der Waals surface area contributed by atoms with Gasteiger partial charge in [0.25, 0.3) is 6.43 Å². The lowest BCUT2D eigenvalue weighted by molar-refractivity contribution is -0.179. The normalized spacial score (nSPS) is 14.0. The van der Waals surface area contributed by atoms with Crippen LogP contribution in [0.25, 0.3) is 0 Å². The third kappa shape index (κ3) is 3.40. The van der Waals surface area contributed by atoms with Crippen molar-refractivity contribution in [3.8, 4) is 0 Å². The van der Waals surface area contributed by atoms with Crippen LogP contribution in [0.1, 0.15) is 24.6 Å². The van der Waals surface area contributed by atoms with Crippen LogP contribution in [-0.2, 0) is 4.79 Å². The van der Waals surface area contributed by atoms with Gasteiger partial charge >= 0.3 is 12.1 Å². The maximum atomic E-state index is 12.5. The highest BCUT2D eigenvalue weighted by atomic mass is 19.4. The molecule has 1 N–H and O–H groups in total. The Morgan fingerprint density at radius 3 is 2.41 bits per heavy atom. The monoisotopic (exact) mass is 258 g/mol. The lowest BCUT2D eigenvalue weighted by Crippen LogP contribution is -2.29. The van der Waals surface area contributed by atoms with Gasteiger partial charge in [-0.25, -0.2) is 8.78 Å². The first-order valence-electron chi connectivity index (χ1n) is 4.33. The number of aliphatic carboxylic acids is 1. The second-order valence-corrected chi connectivity index (χ2v) is 3.18. The molecule has 1 aromatic rings. The minimum Gasteiger partial charge on any atom is -0.481 e. The molecule has 0 aliphatic rings. The van der Waals surface area contributed by atoms with Gasteiger partial charge in [-0.1, -0.05) is 0 Å². The van der Waals surface area contributed by atoms with E-state index in [4.69, 9.17) is 5.11 Å². The summed E-state index contributed by atoms with van der Waals surface area (Å²) in [4.78, 5) is 10.3. The summed E-state index contributed by atoms with van der Waals surface area (Å²) in [5, 5.41) is 11.3. The van der Waals surface area contributed by atoms with Crippen molar-refractivity contribution in [2.75, 3.05) is 0 Å². The lowest BCUT2D eigenvalue weighted by atomic mass is 10.2. The molecule has 0 saturated heterocycles. The van der Waals surface area contributed by atoms with Crippen molar-refractivity contribution in [1.29, 1.82) is 0 Å². The van der Waals surface area contributed by atoms with Crippen LogP contribution in [0.4, 0.5) is 22.0 Å². The van der Waals surface area contributed by atoms with Crippen LogP contribution >= 0.6 is 0 Å². The Bertz CT molecular complexity index is 401. The number of hydrogen-bond acceptors (Lipinski definition) is 2. The van der Waals surface area contributed by atoms with Gasteiger partial charge in [0.05, 0.1) is 6.42 Å². The van der Waals surface area contributed by atoms with Crippen molar-refractivity contribution in [3.05, 3.63) is 18.0 Å². The van der Waals surface area contributed by atoms with E-state index in [-0.39, 0.29) is 4.68 Å². The smallest absolute Gasteiger partial charge is 0.411 e. The molecule has 0 saturated carbocycles. The van der Waals surface area contributed by atoms with Crippen molar-refractivity contribution in [2.24, 2.45) is 0 Å². The Morgan fingerprint density at radius 2 is 2.06 bits per heavy atom. The van der Waals surface area contributed by atoms with Crippen LogP contribution in [0.5, 0.6) is 0 Å². The molecule has 1 heterocycles. The zero-order valence-corrected chi connectivity index (χ0v) is 8.16. The Kier molecular flexibility index (Phi) is 3.69. The van der Waals surface area contributed by atoms with Gasteiger partial charge in [-0.3, -0.25) is 9.48 Å². The molecule has 0 spiro atoms. The fourth-order valence-electron chi connectivity index (χ4n) is 1.17. The van der Waals surface area contributed by atoms with E-state index >= 15 is 0 Å². The summed E-state index contributed by atoms with van der Waals surface area (Å²) in [6, 6.07) is -1.74. The maximum absolute atomic E-state index is 12.5. The van der Waals surface area contributed by atoms with Gasteiger partial charge in [0.1, 0.15) is 5.69 Å². The molecule has 0 aliphatic heterocycles. The molecule has 0 amide bonds. The number of nitrogens with zero attached hydrogens (tertiary/aromatic N) is 2. The third-order valence-corrected chi connectivity index (χ3v) is 1.92. The summed E-state index contributed by atoms with van der Waals surface area (Å²) in [5.74, 6) is -1.69. The number of alkyl halides is 5. The Labute approximate surface area is 91.6 Å². The quantitative estimate of drug-likeness (QED) is 0.843. The Hall–Kier alpha value is -1.67. The van der Waals surface area contributed by atoms with E-state index in [1.165, 1.54) is 0 Å². The molecule has 0 bridgehead atoms. The fourth-order valence-corrected chi connectivity index (χ4v) is 1.17. The molecule has 9 heteroatoms. The van der Waals surface area contributed by atoms with Gasteiger partial charge in [-0.05, 0) is 6.07 Å². The zero-order chi connectivity index (χ0) is 13.2. The van der Waals surface area contributed by atoms with Crippen molar-refractivity contribution in [1.82, 2.24) is 9.78 Å². The molecule has 1 aromatic heterocycles. The molecule has 4 nitrogen and oxygen atoms in total. The summed E-state index contributed by atoms with van der Waals surface area (Å²) >= 11 is 0. The largest absolute Gasteiger partial charge is 0.481 e. The van der Waals surface area contributed by atoms with Gasteiger partial charge in [-0.2, -0.15) is 18.3 Å². The molecule has 0 radical (unpaired) electrons. The van der Waals surface area contributed by atoms with Crippen molar-refractivity contribution in [3.63, 3.8) is 0 Å². The highest BCUT2D eigenvalue weighted by molar-refractivity contribution is 5.67. The topological polar surface area (TPSA) is 55.1 Å². The maximum Gasteiger partial charge on any atom is 0.411 e. The molecule has 1 rings (SSSR count). The van der Waals surface area contributed by atoms with Crippen LogP contribution in [0.3, 0.4) is 0 Å². The molecule has 1 unspecified atom stereocenters. The minimum absolute atomic E-state index is 0.190. The van der Waals surface area contributed by atoms with E-state index < -0.39 is 36.7 Å². The van der Waals surface area contributed by atoms with E-state index in [0.29, 0.717) is 12.3 Å². The van der Waals surface area contributed by atoms with E-state index in [9.17, 15) is 26.7 Å². The first-order valence-corrected chi connectivity index (χ1v) is 4.33. The third-order valence-electron chi connectivity index (χ3n) is 1.92. The number of rotatable bonds is 4. The molecule has 17 heavy (non-hydrogen) atoms. The second-order valence-electron chi connectivity index (χ2n) is 3.18. The standard InChI is InChI=1S/C8H7F5N2O2/c9-7(10)4-1-2-15(14-4)5(3-6(16)17)8(11,12)13/h1-2,5,7H,3H2,(H,16,17). The summed E-state index contributed by atoms with van der Waals surface area (Å²) in [6.07, 6.45) is -8.46. The fraction of sp³-hybridized carbons (Fsp3) is 0.500. The van der Waals surface area contributed by atoms with E-state index in [1.54, 1.807) is 0 Å².